The van der Waals surface area contributed by atoms with E-state index in [1.54, 1.807) is 30.5 Å². The Labute approximate surface area is 165 Å². The first-order chi connectivity index (χ1) is 13.4. The van der Waals surface area contributed by atoms with Crippen LogP contribution >= 0.6 is 0 Å². The van der Waals surface area contributed by atoms with E-state index in [9.17, 15) is 9.90 Å². The Morgan fingerprint density at radius 1 is 1.07 bits per heavy atom. The van der Waals surface area contributed by atoms with Crippen LogP contribution in [0.1, 0.15) is 30.7 Å². The maximum Gasteiger partial charge on any atom is 0.229 e. The molecule has 0 radical (unpaired) electrons. The minimum atomic E-state index is -0.111. The van der Waals surface area contributed by atoms with Crippen molar-refractivity contribution in [2.24, 2.45) is 5.92 Å². The monoisotopic (exact) mass is 375 g/mol. The number of phenols is 1. The van der Waals surface area contributed by atoms with Crippen LogP contribution < -0.4 is 5.32 Å². The number of carbonyl (C=O) groups is 1. The molecule has 0 aliphatic rings. The Hall–Kier alpha value is -3.21. The number of benzene rings is 2. The lowest BCUT2D eigenvalue weighted by Gasteiger charge is -2.13. The van der Waals surface area contributed by atoms with Gasteiger partial charge in [0, 0.05) is 5.56 Å². The molecule has 2 N–H and O–H groups in total. The van der Waals surface area contributed by atoms with Crippen molar-refractivity contribution in [3.63, 3.8) is 0 Å². The Bertz CT molecular complexity index is 949. The summed E-state index contributed by atoms with van der Waals surface area (Å²) in [5, 5.41) is 12.4. The van der Waals surface area contributed by atoms with Crippen molar-refractivity contribution in [2.75, 3.05) is 5.32 Å². The first-order valence-corrected chi connectivity index (χ1v) is 9.41. The highest BCUT2D eigenvalue weighted by Crippen LogP contribution is 2.23. The van der Waals surface area contributed by atoms with E-state index >= 15 is 0 Å². The molecule has 1 aromatic heterocycles. The number of phenolic OH excluding ortho intramolecular Hbond substituents is 1. The van der Waals surface area contributed by atoms with Crippen LogP contribution in [0.25, 0.3) is 11.3 Å². The molecular weight excluding hydrogens is 350 g/mol. The Kier molecular flexibility index (Phi) is 6.04. The SMILES string of the molecule is Cc1ccc(CC(=O)Nc2ncc(-c3ccc(O)cc3)nc2CC(C)C)cc1. The van der Waals surface area contributed by atoms with Crippen LogP contribution in [0.4, 0.5) is 5.82 Å². The zero-order chi connectivity index (χ0) is 20.1. The topological polar surface area (TPSA) is 75.1 Å². The van der Waals surface area contributed by atoms with Gasteiger partial charge < -0.3 is 10.4 Å². The predicted octanol–water partition coefficient (Wildman–Crippen LogP) is 4.54. The summed E-state index contributed by atoms with van der Waals surface area (Å²) in [5.41, 5.74) is 4.47. The molecule has 5 heteroatoms. The number of hydrogen-bond acceptors (Lipinski definition) is 4. The van der Waals surface area contributed by atoms with E-state index in [4.69, 9.17) is 4.98 Å². The number of nitrogens with one attached hydrogen (secondary N) is 1. The molecule has 0 saturated heterocycles. The second-order valence-electron chi connectivity index (χ2n) is 7.41. The Morgan fingerprint density at radius 2 is 1.75 bits per heavy atom. The van der Waals surface area contributed by atoms with Crippen molar-refractivity contribution in [1.29, 1.82) is 0 Å². The van der Waals surface area contributed by atoms with E-state index in [-0.39, 0.29) is 11.7 Å². The van der Waals surface area contributed by atoms with Crippen LogP contribution in [0.2, 0.25) is 0 Å². The van der Waals surface area contributed by atoms with Gasteiger partial charge in [0.2, 0.25) is 5.91 Å². The van der Waals surface area contributed by atoms with Crippen molar-refractivity contribution in [3.8, 4) is 17.0 Å². The van der Waals surface area contributed by atoms with Crippen LogP contribution in [-0.2, 0) is 17.6 Å². The van der Waals surface area contributed by atoms with Gasteiger partial charge in [-0.05, 0) is 49.1 Å². The summed E-state index contributed by atoms with van der Waals surface area (Å²) in [6.07, 6.45) is 2.65. The third-order valence-corrected chi connectivity index (χ3v) is 4.35. The molecule has 1 amide bonds. The Balaban J connectivity index is 1.81. The molecule has 144 valence electrons. The van der Waals surface area contributed by atoms with E-state index in [2.05, 4.69) is 24.1 Å². The maximum atomic E-state index is 12.5. The zero-order valence-corrected chi connectivity index (χ0v) is 16.4. The first-order valence-electron chi connectivity index (χ1n) is 9.41. The van der Waals surface area contributed by atoms with Crippen molar-refractivity contribution >= 4 is 11.7 Å². The quantitative estimate of drug-likeness (QED) is 0.663. The minimum absolute atomic E-state index is 0.111. The molecule has 0 spiro atoms. The van der Waals surface area contributed by atoms with Crippen molar-refractivity contribution < 1.29 is 9.90 Å². The molecule has 0 bridgehead atoms. The largest absolute Gasteiger partial charge is 0.508 e. The van der Waals surface area contributed by atoms with E-state index in [0.29, 0.717) is 30.3 Å². The molecule has 0 saturated carbocycles. The third kappa shape index (κ3) is 5.16. The summed E-state index contributed by atoms with van der Waals surface area (Å²) in [7, 11) is 0. The molecule has 1 heterocycles. The number of nitrogens with zero attached hydrogens (tertiary/aromatic N) is 2. The number of rotatable bonds is 6. The van der Waals surface area contributed by atoms with Gasteiger partial charge in [0.1, 0.15) is 5.75 Å². The summed E-state index contributed by atoms with van der Waals surface area (Å²) >= 11 is 0. The molecule has 0 unspecified atom stereocenters. The molecule has 2 aromatic carbocycles. The first kappa shape index (κ1) is 19.5. The van der Waals surface area contributed by atoms with Gasteiger partial charge in [-0.25, -0.2) is 9.97 Å². The molecule has 3 aromatic rings. The lowest BCUT2D eigenvalue weighted by atomic mass is 10.1. The lowest BCUT2D eigenvalue weighted by Crippen LogP contribution is -2.18. The summed E-state index contributed by atoms with van der Waals surface area (Å²) in [6.45, 7) is 6.23. The molecule has 0 aliphatic heterocycles. The lowest BCUT2D eigenvalue weighted by molar-refractivity contribution is -0.115. The highest BCUT2D eigenvalue weighted by molar-refractivity contribution is 5.92. The molecule has 0 aliphatic carbocycles. The highest BCUT2D eigenvalue weighted by Gasteiger charge is 2.14. The van der Waals surface area contributed by atoms with Crippen molar-refractivity contribution in [2.45, 2.75) is 33.6 Å². The van der Waals surface area contributed by atoms with Gasteiger partial charge in [0.05, 0.1) is 24.0 Å². The van der Waals surface area contributed by atoms with Gasteiger partial charge in [0.25, 0.3) is 0 Å². The molecule has 3 rings (SSSR count). The van der Waals surface area contributed by atoms with E-state index in [1.165, 1.54) is 5.56 Å². The highest BCUT2D eigenvalue weighted by atomic mass is 16.3. The van der Waals surface area contributed by atoms with E-state index < -0.39 is 0 Å². The van der Waals surface area contributed by atoms with E-state index in [0.717, 1.165) is 16.8 Å². The molecule has 0 fully saturated rings. The van der Waals surface area contributed by atoms with Crippen LogP contribution in [0.3, 0.4) is 0 Å². The van der Waals surface area contributed by atoms with Crippen LogP contribution in [0.15, 0.2) is 54.7 Å². The number of anilines is 1. The van der Waals surface area contributed by atoms with Gasteiger partial charge in [-0.2, -0.15) is 0 Å². The summed E-state index contributed by atoms with van der Waals surface area (Å²) in [6, 6.07) is 14.8. The van der Waals surface area contributed by atoms with E-state index in [1.807, 2.05) is 31.2 Å². The predicted molar refractivity (Wildman–Crippen MR) is 111 cm³/mol. The molecule has 28 heavy (non-hydrogen) atoms. The summed E-state index contributed by atoms with van der Waals surface area (Å²) in [4.78, 5) is 21.7. The van der Waals surface area contributed by atoms with Gasteiger partial charge in [-0.1, -0.05) is 43.7 Å². The fourth-order valence-electron chi connectivity index (χ4n) is 2.90. The normalized spacial score (nSPS) is 10.9. The number of aryl methyl sites for hydroxylation is 1. The molecular formula is C23H25N3O2. The second kappa shape index (κ2) is 8.65. The van der Waals surface area contributed by atoms with Gasteiger partial charge in [-0.3, -0.25) is 4.79 Å². The minimum Gasteiger partial charge on any atom is -0.508 e. The number of aromatic hydroxyl groups is 1. The van der Waals surface area contributed by atoms with Gasteiger partial charge in [-0.15, -0.1) is 0 Å². The average Bonchev–Trinajstić information content (AvgIpc) is 2.65. The zero-order valence-electron chi connectivity index (χ0n) is 16.4. The number of hydrogen-bond donors (Lipinski definition) is 2. The second-order valence-corrected chi connectivity index (χ2v) is 7.41. The number of amides is 1. The van der Waals surface area contributed by atoms with Crippen LogP contribution in [-0.4, -0.2) is 21.0 Å². The molecule has 5 nitrogen and oxygen atoms in total. The van der Waals surface area contributed by atoms with Gasteiger partial charge in [0.15, 0.2) is 5.82 Å². The third-order valence-electron chi connectivity index (χ3n) is 4.35. The summed E-state index contributed by atoms with van der Waals surface area (Å²) in [5.74, 6) is 0.977. The number of aromatic nitrogens is 2. The van der Waals surface area contributed by atoms with Crippen molar-refractivity contribution in [3.05, 3.63) is 71.5 Å². The fraction of sp³-hybridized carbons (Fsp3) is 0.261. The average molecular weight is 375 g/mol. The number of carbonyl (C=O) groups excluding carboxylic acids is 1. The fourth-order valence-corrected chi connectivity index (χ4v) is 2.90. The molecule has 0 atom stereocenters. The summed E-state index contributed by atoms with van der Waals surface area (Å²) < 4.78 is 0. The van der Waals surface area contributed by atoms with Crippen LogP contribution in [0, 0.1) is 12.8 Å². The van der Waals surface area contributed by atoms with Crippen LogP contribution in [0.5, 0.6) is 5.75 Å². The smallest absolute Gasteiger partial charge is 0.229 e. The standard InChI is InChI=1S/C23H25N3O2/c1-15(2)12-20-23(26-22(28)13-17-6-4-16(3)5-7-17)24-14-21(25-20)18-8-10-19(27)11-9-18/h4-11,14-15,27H,12-13H2,1-3H3,(H,24,26,28). The van der Waals surface area contributed by atoms with Crippen molar-refractivity contribution in [1.82, 2.24) is 9.97 Å². The maximum absolute atomic E-state index is 12.5. The van der Waals surface area contributed by atoms with Gasteiger partial charge >= 0.3 is 0 Å². The Morgan fingerprint density at radius 3 is 2.39 bits per heavy atom.